The van der Waals surface area contributed by atoms with Crippen LogP contribution in [0, 0.1) is 0 Å². The van der Waals surface area contributed by atoms with Gasteiger partial charge in [-0.2, -0.15) is 0 Å². The zero-order valence-electron chi connectivity index (χ0n) is 12.9. The monoisotopic (exact) mass is 336 g/mol. The summed E-state index contributed by atoms with van der Waals surface area (Å²) in [5.41, 5.74) is 11.7. The highest BCUT2D eigenvalue weighted by Gasteiger charge is 2.43. The van der Waals surface area contributed by atoms with Crippen molar-refractivity contribution in [2.45, 2.75) is 50.2 Å². The van der Waals surface area contributed by atoms with Gasteiger partial charge in [-0.05, 0) is 12.8 Å². The van der Waals surface area contributed by atoms with E-state index in [0.717, 1.165) is 0 Å². The van der Waals surface area contributed by atoms with Crippen LogP contribution in [0.3, 0.4) is 0 Å². The van der Waals surface area contributed by atoms with Crippen molar-refractivity contribution in [1.82, 2.24) is 19.5 Å². The third kappa shape index (κ3) is 3.03. The van der Waals surface area contributed by atoms with Gasteiger partial charge >= 0.3 is 0 Å². The molecule has 1 fully saturated rings. The second-order valence-corrected chi connectivity index (χ2v) is 5.84. The smallest absolute Gasteiger partial charge is 0.217 e. The van der Waals surface area contributed by atoms with Crippen molar-refractivity contribution in [2.75, 3.05) is 5.73 Å². The molecule has 0 bridgehead atoms. The van der Waals surface area contributed by atoms with Crippen molar-refractivity contribution in [1.29, 1.82) is 0 Å². The standard InChI is InChI=1S/C14H20N6O4/c15-8(21)4-2-1-3-7-10(22)11(23)14(24-7)20-6-19-9-12(16)17-5-18-13(9)20/h5-7,10-11,14,22-23H,1-4H2,(H2,15,21)(H2,16,17,18)/t7-,10?,11?,14-/m1/s1. The van der Waals surface area contributed by atoms with Gasteiger partial charge in [0.15, 0.2) is 17.7 Å². The molecule has 3 rings (SSSR count). The fourth-order valence-electron chi connectivity index (χ4n) is 2.90. The van der Waals surface area contributed by atoms with Crippen LogP contribution in [-0.2, 0) is 9.53 Å². The van der Waals surface area contributed by atoms with E-state index in [9.17, 15) is 15.0 Å². The van der Waals surface area contributed by atoms with E-state index in [1.807, 2.05) is 0 Å². The zero-order chi connectivity index (χ0) is 17.3. The SMILES string of the molecule is NC(=O)CCCC[C@H]1O[C@@H](n2cnc3c(N)ncnc32)C(O)C1O. The number of anilines is 1. The Bertz CT molecular complexity index is 735. The van der Waals surface area contributed by atoms with Gasteiger partial charge in [0, 0.05) is 6.42 Å². The zero-order valence-corrected chi connectivity index (χ0v) is 12.9. The predicted molar refractivity (Wildman–Crippen MR) is 83.3 cm³/mol. The van der Waals surface area contributed by atoms with Crippen LogP contribution in [0.15, 0.2) is 12.7 Å². The lowest BCUT2D eigenvalue weighted by atomic mass is 10.0. The third-order valence-corrected chi connectivity index (χ3v) is 4.16. The Balaban J connectivity index is 1.72. The molecule has 1 amide bonds. The molecule has 4 atom stereocenters. The van der Waals surface area contributed by atoms with Gasteiger partial charge in [0.05, 0.1) is 12.4 Å². The van der Waals surface area contributed by atoms with E-state index >= 15 is 0 Å². The molecular weight excluding hydrogens is 316 g/mol. The minimum atomic E-state index is -1.13. The summed E-state index contributed by atoms with van der Waals surface area (Å²) in [4.78, 5) is 22.8. The lowest BCUT2D eigenvalue weighted by molar-refractivity contribution is -0.118. The number of fused-ring (bicyclic) bond motifs is 1. The number of imidazole rings is 1. The van der Waals surface area contributed by atoms with Crippen molar-refractivity contribution in [3.05, 3.63) is 12.7 Å². The molecule has 2 unspecified atom stereocenters. The molecule has 24 heavy (non-hydrogen) atoms. The van der Waals surface area contributed by atoms with Gasteiger partial charge in [-0.1, -0.05) is 6.42 Å². The molecular formula is C14H20N6O4. The minimum Gasteiger partial charge on any atom is -0.388 e. The molecule has 0 aromatic carbocycles. The highest BCUT2D eigenvalue weighted by Crippen LogP contribution is 2.33. The molecule has 130 valence electrons. The Morgan fingerprint density at radius 1 is 1.25 bits per heavy atom. The van der Waals surface area contributed by atoms with Crippen molar-refractivity contribution < 1.29 is 19.7 Å². The van der Waals surface area contributed by atoms with Crippen molar-refractivity contribution in [3.63, 3.8) is 0 Å². The average Bonchev–Trinajstić information content (AvgIpc) is 3.08. The minimum absolute atomic E-state index is 0.231. The molecule has 6 N–H and O–H groups in total. The highest BCUT2D eigenvalue weighted by atomic mass is 16.6. The van der Waals surface area contributed by atoms with Crippen LogP contribution >= 0.6 is 0 Å². The topological polar surface area (TPSA) is 162 Å². The van der Waals surface area contributed by atoms with Gasteiger partial charge in [0.25, 0.3) is 0 Å². The summed E-state index contributed by atoms with van der Waals surface area (Å²) >= 11 is 0. The van der Waals surface area contributed by atoms with E-state index in [2.05, 4.69) is 15.0 Å². The molecule has 0 radical (unpaired) electrons. The number of hydrogen-bond donors (Lipinski definition) is 4. The molecule has 0 aliphatic carbocycles. The molecule has 3 heterocycles. The number of amides is 1. The van der Waals surface area contributed by atoms with Crippen LogP contribution in [0.25, 0.3) is 11.2 Å². The number of aliphatic hydroxyl groups excluding tert-OH is 2. The van der Waals surface area contributed by atoms with Gasteiger partial charge in [0.1, 0.15) is 24.1 Å². The fourth-order valence-corrected chi connectivity index (χ4v) is 2.90. The summed E-state index contributed by atoms with van der Waals surface area (Å²) in [6.07, 6.45) is 1.28. The Morgan fingerprint density at radius 3 is 2.79 bits per heavy atom. The number of ether oxygens (including phenoxy) is 1. The van der Waals surface area contributed by atoms with E-state index < -0.39 is 24.5 Å². The highest BCUT2D eigenvalue weighted by molar-refractivity contribution is 5.81. The molecule has 10 nitrogen and oxygen atoms in total. The van der Waals surface area contributed by atoms with Crippen molar-refractivity contribution in [2.24, 2.45) is 5.73 Å². The van der Waals surface area contributed by atoms with E-state index in [1.54, 1.807) is 0 Å². The van der Waals surface area contributed by atoms with Crippen LogP contribution in [0.4, 0.5) is 5.82 Å². The Hall–Kier alpha value is -2.30. The molecule has 0 saturated carbocycles. The molecule has 2 aromatic rings. The summed E-state index contributed by atoms with van der Waals surface area (Å²) in [7, 11) is 0. The molecule has 2 aromatic heterocycles. The molecule has 1 aliphatic heterocycles. The van der Waals surface area contributed by atoms with Gasteiger partial charge in [-0.25, -0.2) is 15.0 Å². The van der Waals surface area contributed by atoms with Gasteiger partial charge in [0.2, 0.25) is 5.91 Å². The van der Waals surface area contributed by atoms with E-state index in [-0.39, 0.29) is 18.1 Å². The maximum atomic E-state index is 10.7. The normalized spacial score (nSPS) is 26.9. The lowest BCUT2D eigenvalue weighted by Crippen LogP contribution is -2.31. The van der Waals surface area contributed by atoms with Crippen LogP contribution < -0.4 is 11.5 Å². The van der Waals surface area contributed by atoms with Gasteiger partial charge < -0.3 is 26.4 Å². The number of nitrogens with zero attached hydrogens (tertiary/aromatic N) is 4. The van der Waals surface area contributed by atoms with Crippen molar-refractivity contribution >= 4 is 22.9 Å². The average molecular weight is 336 g/mol. The fraction of sp³-hybridized carbons (Fsp3) is 0.571. The second kappa shape index (κ2) is 6.67. The van der Waals surface area contributed by atoms with Crippen LogP contribution in [0.1, 0.15) is 31.9 Å². The predicted octanol–water partition coefficient (Wildman–Crippen LogP) is -0.927. The Labute approximate surface area is 137 Å². The number of nitrogens with two attached hydrogens (primary N) is 2. The van der Waals surface area contributed by atoms with Crippen LogP contribution in [0.5, 0.6) is 0 Å². The first-order chi connectivity index (χ1) is 11.5. The number of hydrogen-bond acceptors (Lipinski definition) is 8. The first-order valence-corrected chi connectivity index (χ1v) is 7.72. The summed E-state index contributed by atoms with van der Waals surface area (Å²) in [6.45, 7) is 0. The molecule has 0 spiro atoms. The van der Waals surface area contributed by atoms with Gasteiger partial charge in [-0.3, -0.25) is 9.36 Å². The number of carbonyl (C=O) groups excluding carboxylic acids is 1. The lowest BCUT2D eigenvalue weighted by Gasteiger charge is -2.16. The number of primary amides is 1. The largest absolute Gasteiger partial charge is 0.388 e. The number of unbranched alkanes of at least 4 members (excludes halogenated alkanes) is 1. The Morgan fingerprint density at radius 2 is 2.04 bits per heavy atom. The number of aromatic nitrogens is 4. The second-order valence-electron chi connectivity index (χ2n) is 5.84. The third-order valence-electron chi connectivity index (χ3n) is 4.16. The first kappa shape index (κ1) is 16.6. The molecule has 10 heteroatoms. The Kier molecular flexibility index (Phi) is 4.60. The number of rotatable bonds is 6. The quantitative estimate of drug-likeness (QED) is 0.492. The number of nitrogen functional groups attached to an aromatic ring is 1. The van der Waals surface area contributed by atoms with Crippen molar-refractivity contribution in [3.8, 4) is 0 Å². The van der Waals surface area contributed by atoms with E-state index in [0.29, 0.717) is 30.4 Å². The summed E-state index contributed by atoms with van der Waals surface area (Å²) in [6, 6.07) is 0. The van der Waals surface area contributed by atoms with Crippen LogP contribution in [0.2, 0.25) is 0 Å². The maximum Gasteiger partial charge on any atom is 0.217 e. The summed E-state index contributed by atoms with van der Waals surface area (Å²) < 4.78 is 7.32. The van der Waals surface area contributed by atoms with E-state index in [4.69, 9.17) is 16.2 Å². The first-order valence-electron chi connectivity index (χ1n) is 7.72. The summed E-state index contributed by atoms with van der Waals surface area (Å²) in [5.74, 6) is -0.127. The molecule has 1 saturated heterocycles. The van der Waals surface area contributed by atoms with Crippen LogP contribution in [-0.4, -0.2) is 54.0 Å². The number of aliphatic hydroxyl groups is 2. The maximum absolute atomic E-state index is 10.7. The molecule has 1 aliphatic rings. The van der Waals surface area contributed by atoms with Gasteiger partial charge in [-0.15, -0.1) is 0 Å². The summed E-state index contributed by atoms with van der Waals surface area (Å²) in [5, 5.41) is 20.5. The number of carbonyl (C=O) groups is 1. The van der Waals surface area contributed by atoms with E-state index in [1.165, 1.54) is 17.2 Å².